The van der Waals surface area contributed by atoms with Crippen LogP contribution in [0.15, 0.2) is 0 Å². The second-order valence-corrected chi connectivity index (χ2v) is 5.60. The Morgan fingerprint density at radius 1 is 1.44 bits per heavy atom. The Morgan fingerprint density at radius 3 is 2.44 bits per heavy atom. The monoisotopic (exact) mass is 246 g/mol. The highest BCUT2D eigenvalue weighted by molar-refractivity contribution is 7.87. The molecule has 0 atom stereocenters. The third-order valence-electron chi connectivity index (χ3n) is 2.72. The summed E-state index contributed by atoms with van der Waals surface area (Å²) in [6, 6.07) is 2.10. The van der Waals surface area contributed by atoms with Gasteiger partial charge in [-0.1, -0.05) is 6.92 Å². The summed E-state index contributed by atoms with van der Waals surface area (Å²) >= 11 is 0. The smallest absolute Gasteiger partial charge is 0.278 e. The highest BCUT2D eigenvalue weighted by atomic mass is 32.2. The maximum Gasteiger partial charge on any atom is 0.278 e. The van der Waals surface area contributed by atoms with E-state index < -0.39 is 15.7 Å². The van der Waals surface area contributed by atoms with Crippen molar-refractivity contribution in [3.63, 3.8) is 0 Å². The van der Waals surface area contributed by atoms with Crippen LogP contribution < -0.4 is 9.44 Å². The molecule has 1 fully saturated rings. The second kappa shape index (κ2) is 5.10. The summed E-state index contributed by atoms with van der Waals surface area (Å²) in [5.74, 6) is 0. The van der Waals surface area contributed by atoms with Crippen LogP contribution in [0.3, 0.4) is 0 Å². The molecule has 0 spiro atoms. The standard InChI is InChI=1S/C9H18N4O2S/c1-3-11-16(14,15)12-9(8-10)4-6-13(2)7-5-9/h11-12H,3-7H2,1-2H3. The summed E-state index contributed by atoms with van der Waals surface area (Å²) in [7, 11) is -1.60. The Bertz CT molecular complexity index is 365. The molecule has 0 saturated carbocycles. The number of hydrogen-bond acceptors (Lipinski definition) is 4. The van der Waals surface area contributed by atoms with Gasteiger partial charge < -0.3 is 4.90 Å². The molecule has 16 heavy (non-hydrogen) atoms. The number of nitriles is 1. The first-order valence-corrected chi connectivity index (χ1v) is 6.80. The van der Waals surface area contributed by atoms with E-state index in [1.807, 2.05) is 7.05 Å². The summed E-state index contributed by atoms with van der Waals surface area (Å²) in [5, 5.41) is 9.14. The average Bonchev–Trinajstić information content (AvgIpc) is 2.21. The van der Waals surface area contributed by atoms with Gasteiger partial charge in [-0.3, -0.25) is 0 Å². The van der Waals surface area contributed by atoms with Gasteiger partial charge in [-0.15, -0.1) is 0 Å². The Balaban J connectivity index is 2.73. The maximum atomic E-state index is 11.6. The zero-order chi connectivity index (χ0) is 12.2. The molecule has 0 aromatic rings. The van der Waals surface area contributed by atoms with Crippen molar-refractivity contribution in [2.45, 2.75) is 25.3 Å². The number of hydrogen-bond donors (Lipinski definition) is 2. The zero-order valence-corrected chi connectivity index (χ0v) is 10.5. The van der Waals surface area contributed by atoms with Gasteiger partial charge in [-0.2, -0.15) is 18.4 Å². The summed E-state index contributed by atoms with van der Waals surface area (Å²) in [4.78, 5) is 2.08. The number of piperidine rings is 1. The van der Waals surface area contributed by atoms with Crippen molar-refractivity contribution in [1.29, 1.82) is 5.26 Å². The first kappa shape index (κ1) is 13.4. The van der Waals surface area contributed by atoms with E-state index in [2.05, 4.69) is 20.4 Å². The van der Waals surface area contributed by atoms with Crippen LogP contribution in [0.25, 0.3) is 0 Å². The normalized spacial score (nSPS) is 21.6. The van der Waals surface area contributed by atoms with Gasteiger partial charge in [0.05, 0.1) is 6.07 Å². The van der Waals surface area contributed by atoms with Crippen LogP contribution in [-0.4, -0.2) is 45.5 Å². The summed E-state index contributed by atoms with van der Waals surface area (Å²) in [6.45, 7) is 3.47. The lowest BCUT2D eigenvalue weighted by molar-refractivity contribution is 0.213. The van der Waals surface area contributed by atoms with Crippen LogP contribution >= 0.6 is 0 Å². The molecular weight excluding hydrogens is 228 g/mol. The van der Waals surface area contributed by atoms with Crippen molar-refractivity contribution in [2.24, 2.45) is 0 Å². The van der Waals surface area contributed by atoms with E-state index in [0.717, 1.165) is 13.1 Å². The van der Waals surface area contributed by atoms with Crippen molar-refractivity contribution < 1.29 is 8.42 Å². The SMILES string of the molecule is CCNS(=O)(=O)NC1(C#N)CCN(C)CC1. The van der Waals surface area contributed by atoms with Crippen LogP contribution in [0, 0.1) is 11.3 Å². The van der Waals surface area contributed by atoms with E-state index in [0.29, 0.717) is 19.4 Å². The first-order valence-electron chi connectivity index (χ1n) is 5.31. The highest BCUT2D eigenvalue weighted by Crippen LogP contribution is 2.21. The molecule has 1 aliphatic heterocycles. The fourth-order valence-corrected chi connectivity index (χ4v) is 2.94. The minimum absolute atomic E-state index is 0.316. The predicted molar refractivity (Wildman–Crippen MR) is 60.8 cm³/mol. The third-order valence-corrected chi connectivity index (χ3v) is 4.05. The molecule has 0 aliphatic carbocycles. The van der Waals surface area contributed by atoms with Gasteiger partial charge >= 0.3 is 0 Å². The lowest BCUT2D eigenvalue weighted by Gasteiger charge is -2.35. The highest BCUT2D eigenvalue weighted by Gasteiger charge is 2.37. The van der Waals surface area contributed by atoms with Crippen molar-refractivity contribution in [2.75, 3.05) is 26.7 Å². The molecule has 2 N–H and O–H groups in total. The fourth-order valence-electron chi connectivity index (χ4n) is 1.72. The van der Waals surface area contributed by atoms with E-state index >= 15 is 0 Å². The predicted octanol–water partition coefficient (Wildman–Crippen LogP) is -0.582. The number of nitrogens with zero attached hydrogens (tertiary/aromatic N) is 2. The Hall–Kier alpha value is -0.680. The largest absolute Gasteiger partial charge is 0.306 e. The van der Waals surface area contributed by atoms with Gasteiger partial charge in [0, 0.05) is 19.6 Å². The van der Waals surface area contributed by atoms with Gasteiger partial charge in [0.25, 0.3) is 10.2 Å². The average molecular weight is 246 g/mol. The minimum atomic E-state index is -3.56. The molecule has 1 saturated heterocycles. The van der Waals surface area contributed by atoms with E-state index in [1.165, 1.54) is 0 Å². The first-order chi connectivity index (χ1) is 7.43. The van der Waals surface area contributed by atoms with Crippen LogP contribution in [0.4, 0.5) is 0 Å². The van der Waals surface area contributed by atoms with Crippen molar-refractivity contribution in [1.82, 2.24) is 14.3 Å². The topological polar surface area (TPSA) is 85.2 Å². The summed E-state index contributed by atoms with van der Waals surface area (Å²) < 4.78 is 27.9. The minimum Gasteiger partial charge on any atom is -0.306 e. The van der Waals surface area contributed by atoms with Gasteiger partial charge in [-0.25, -0.2) is 4.72 Å². The van der Waals surface area contributed by atoms with Crippen molar-refractivity contribution >= 4 is 10.2 Å². The number of likely N-dealkylation sites (tertiary alicyclic amines) is 1. The van der Waals surface area contributed by atoms with Gasteiger partial charge in [0.2, 0.25) is 0 Å². The molecular formula is C9H18N4O2S. The number of nitrogens with one attached hydrogen (secondary N) is 2. The summed E-state index contributed by atoms with van der Waals surface area (Å²) in [5.41, 5.74) is -0.951. The third kappa shape index (κ3) is 3.42. The summed E-state index contributed by atoms with van der Waals surface area (Å²) in [6.07, 6.45) is 1.04. The van der Waals surface area contributed by atoms with Crippen LogP contribution in [0.1, 0.15) is 19.8 Å². The molecule has 0 aromatic carbocycles. The van der Waals surface area contributed by atoms with Crippen LogP contribution in [0.2, 0.25) is 0 Å². The zero-order valence-electron chi connectivity index (χ0n) is 9.65. The number of rotatable bonds is 4. The molecule has 1 aliphatic rings. The maximum absolute atomic E-state index is 11.6. The van der Waals surface area contributed by atoms with Gasteiger partial charge in [0.1, 0.15) is 5.54 Å². The molecule has 0 bridgehead atoms. The Morgan fingerprint density at radius 2 is 2.00 bits per heavy atom. The van der Waals surface area contributed by atoms with Crippen LogP contribution in [-0.2, 0) is 10.2 Å². The van der Waals surface area contributed by atoms with E-state index in [-0.39, 0.29) is 0 Å². The Labute approximate surface area is 96.8 Å². The lowest BCUT2D eigenvalue weighted by atomic mass is 9.91. The molecule has 7 heteroatoms. The fraction of sp³-hybridized carbons (Fsp3) is 0.889. The van der Waals surface area contributed by atoms with E-state index in [1.54, 1.807) is 6.92 Å². The molecule has 0 unspecified atom stereocenters. The second-order valence-electron chi connectivity index (χ2n) is 4.10. The molecule has 6 nitrogen and oxygen atoms in total. The molecule has 0 amide bonds. The molecule has 1 heterocycles. The Kier molecular flexibility index (Phi) is 4.27. The van der Waals surface area contributed by atoms with E-state index in [9.17, 15) is 8.42 Å². The van der Waals surface area contributed by atoms with Gasteiger partial charge in [-0.05, 0) is 19.9 Å². The van der Waals surface area contributed by atoms with Gasteiger partial charge in [0.15, 0.2) is 0 Å². The molecule has 0 aromatic heterocycles. The molecule has 92 valence electrons. The quantitative estimate of drug-likeness (QED) is 0.695. The molecule has 1 rings (SSSR count). The van der Waals surface area contributed by atoms with Crippen LogP contribution in [0.5, 0.6) is 0 Å². The van der Waals surface area contributed by atoms with E-state index in [4.69, 9.17) is 5.26 Å². The lowest BCUT2D eigenvalue weighted by Crippen LogP contribution is -2.56. The van der Waals surface area contributed by atoms with Crippen molar-refractivity contribution in [3.8, 4) is 6.07 Å². The van der Waals surface area contributed by atoms with Crippen molar-refractivity contribution in [3.05, 3.63) is 0 Å². The molecule has 0 radical (unpaired) electrons.